The Kier molecular flexibility index (Phi) is 2.75. The molecule has 3 aromatic rings. The van der Waals surface area contributed by atoms with E-state index >= 15 is 0 Å². The molecular formula is C12H10N4O2S. The van der Waals surface area contributed by atoms with Gasteiger partial charge in [0.15, 0.2) is 11.5 Å². The summed E-state index contributed by atoms with van der Waals surface area (Å²) in [6, 6.07) is 3.40. The van der Waals surface area contributed by atoms with Crippen LogP contribution in [0.15, 0.2) is 24.5 Å². The predicted octanol–water partition coefficient (Wildman–Crippen LogP) is 1.95. The number of rotatable bonds is 2. The summed E-state index contributed by atoms with van der Waals surface area (Å²) in [7, 11) is 1.35. The minimum Gasteiger partial charge on any atom is -0.465 e. The third kappa shape index (κ3) is 1.97. The van der Waals surface area contributed by atoms with Crippen LogP contribution in [0.1, 0.15) is 15.4 Å². The zero-order chi connectivity index (χ0) is 13.4. The van der Waals surface area contributed by atoms with Crippen LogP contribution in [-0.2, 0) is 4.74 Å². The monoisotopic (exact) mass is 274 g/mol. The van der Waals surface area contributed by atoms with Crippen molar-refractivity contribution in [1.29, 1.82) is 0 Å². The van der Waals surface area contributed by atoms with Crippen molar-refractivity contribution >= 4 is 23.0 Å². The van der Waals surface area contributed by atoms with Crippen molar-refractivity contribution < 1.29 is 9.53 Å². The Morgan fingerprint density at radius 2 is 2.21 bits per heavy atom. The molecule has 0 unspecified atom stereocenters. The fourth-order valence-corrected chi connectivity index (χ4v) is 2.52. The van der Waals surface area contributed by atoms with Gasteiger partial charge in [0.05, 0.1) is 22.6 Å². The highest BCUT2D eigenvalue weighted by molar-refractivity contribution is 7.14. The minimum absolute atomic E-state index is 0.387. The van der Waals surface area contributed by atoms with Crippen molar-refractivity contribution in [3.05, 3.63) is 35.1 Å². The number of fused-ring (bicyclic) bond motifs is 1. The first-order chi connectivity index (χ1) is 9.19. The van der Waals surface area contributed by atoms with Crippen molar-refractivity contribution in [3.8, 4) is 10.7 Å². The third-order valence-electron chi connectivity index (χ3n) is 2.67. The average molecular weight is 274 g/mol. The molecule has 0 aliphatic carbocycles. The number of thiazole rings is 1. The number of hydrogen-bond acceptors (Lipinski definition) is 6. The molecule has 19 heavy (non-hydrogen) atoms. The molecule has 0 atom stereocenters. The van der Waals surface area contributed by atoms with Crippen LogP contribution in [0.5, 0.6) is 0 Å². The van der Waals surface area contributed by atoms with Crippen LogP contribution >= 0.6 is 11.3 Å². The van der Waals surface area contributed by atoms with Crippen LogP contribution in [-0.4, -0.2) is 32.7 Å². The van der Waals surface area contributed by atoms with E-state index in [1.807, 2.05) is 6.92 Å². The average Bonchev–Trinajstić information content (AvgIpc) is 3.02. The normalized spacial score (nSPS) is 10.8. The summed E-state index contributed by atoms with van der Waals surface area (Å²) in [5.74, 6) is 0.286. The maximum absolute atomic E-state index is 11.5. The molecule has 3 aromatic heterocycles. The molecule has 0 aliphatic heterocycles. The summed E-state index contributed by atoms with van der Waals surface area (Å²) < 4.78 is 6.47. The molecule has 0 saturated carbocycles. The zero-order valence-corrected chi connectivity index (χ0v) is 11.1. The second-order valence-electron chi connectivity index (χ2n) is 3.90. The molecule has 6 nitrogen and oxygen atoms in total. The quantitative estimate of drug-likeness (QED) is 0.668. The Labute approximate surface area is 112 Å². The molecule has 0 saturated heterocycles. The minimum atomic E-state index is -0.387. The van der Waals surface area contributed by atoms with Crippen LogP contribution in [0.25, 0.3) is 16.3 Å². The number of nitrogens with zero attached hydrogens (tertiary/aromatic N) is 4. The standard InChI is InChI=1S/C12H10N4O2S/c1-7-13-5-9(19-7)11-15-14-10-4-3-8(6-16(10)11)12(17)18-2/h3-6H,1-2H3. The van der Waals surface area contributed by atoms with E-state index in [0.717, 1.165) is 9.88 Å². The van der Waals surface area contributed by atoms with Crippen molar-refractivity contribution in [2.75, 3.05) is 7.11 Å². The number of pyridine rings is 1. The highest BCUT2D eigenvalue weighted by atomic mass is 32.1. The zero-order valence-electron chi connectivity index (χ0n) is 10.3. The van der Waals surface area contributed by atoms with Crippen LogP contribution in [0.2, 0.25) is 0 Å². The lowest BCUT2D eigenvalue weighted by Gasteiger charge is -2.01. The first-order valence-corrected chi connectivity index (χ1v) is 6.36. The molecule has 0 spiro atoms. The van der Waals surface area contributed by atoms with Gasteiger partial charge in [0.1, 0.15) is 0 Å². The Balaban J connectivity index is 2.18. The summed E-state index contributed by atoms with van der Waals surface area (Å²) >= 11 is 1.53. The van der Waals surface area contributed by atoms with Crippen LogP contribution in [0.3, 0.4) is 0 Å². The summed E-state index contributed by atoms with van der Waals surface area (Å²) in [6.45, 7) is 1.93. The third-order valence-corrected chi connectivity index (χ3v) is 3.57. The van der Waals surface area contributed by atoms with Gasteiger partial charge in [-0.2, -0.15) is 0 Å². The van der Waals surface area contributed by atoms with Gasteiger partial charge in [-0.1, -0.05) is 0 Å². The maximum atomic E-state index is 11.5. The van der Waals surface area contributed by atoms with E-state index in [-0.39, 0.29) is 5.97 Å². The molecular weight excluding hydrogens is 264 g/mol. The number of aromatic nitrogens is 4. The Hall–Kier alpha value is -2.28. The van der Waals surface area contributed by atoms with E-state index in [1.165, 1.54) is 18.4 Å². The number of carbonyl (C=O) groups excluding carboxylic acids is 1. The first-order valence-electron chi connectivity index (χ1n) is 5.55. The first kappa shape index (κ1) is 11.8. The van der Waals surface area contributed by atoms with Gasteiger partial charge in [-0.25, -0.2) is 9.78 Å². The maximum Gasteiger partial charge on any atom is 0.339 e. The van der Waals surface area contributed by atoms with Crippen molar-refractivity contribution in [2.24, 2.45) is 0 Å². The fraction of sp³-hybridized carbons (Fsp3) is 0.167. The molecule has 7 heteroatoms. The smallest absolute Gasteiger partial charge is 0.339 e. The van der Waals surface area contributed by atoms with Crippen molar-refractivity contribution in [1.82, 2.24) is 19.6 Å². The number of ether oxygens (including phenoxy) is 1. The van der Waals surface area contributed by atoms with Gasteiger partial charge in [-0.05, 0) is 19.1 Å². The molecule has 0 radical (unpaired) electrons. The van der Waals surface area contributed by atoms with Gasteiger partial charge in [0, 0.05) is 12.4 Å². The molecule has 0 amide bonds. The number of hydrogen-bond donors (Lipinski definition) is 0. The van der Waals surface area contributed by atoms with Gasteiger partial charge in [-0.15, -0.1) is 21.5 Å². The molecule has 0 N–H and O–H groups in total. The lowest BCUT2D eigenvalue weighted by molar-refractivity contribution is 0.0600. The second-order valence-corrected chi connectivity index (χ2v) is 5.14. The summed E-state index contributed by atoms with van der Waals surface area (Å²) in [5, 5.41) is 9.16. The Morgan fingerprint density at radius 3 is 2.89 bits per heavy atom. The molecule has 0 fully saturated rings. The molecule has 0 bridgehead atoms. The second kappa shape index (κ2) is 4.43. The van der Waals surface area contributed by atoms with Crippen molar-refractivity contribution in [2.45, 2.75) is 6.92 Å². The number of esters is 1. The van der Waals surface area contributed by atoms with Gasteiger partial charge in [-0.3, -0.25) is 4.40 Å². The van der Waals surface area contributed by atoms with Gasteiger partial charge in [0.2, 0.25) is 0 Å². The molecule has 0 aromatic carbocycles. The van der Waals surface area contributed by atoms with E-state index in [2.05, 4.69) is 15.2 Å². The summed E-state index contributed by atoms with van der Waals surface area (Å²) in [4.78, 5) is 16.7. The van der Waals surface area contributed by atoms with Crippen molar-refractivity contribution in [3.63, 3.8) is 0 Å². The van der Waals surface area contributed by atoms with Gasteiger partial charge in [0.25, 0.3) is 0 Å². The van der Waals surface area contributed by atoms with E-state index in [9.17, 15) is 4.79 Å². The fourth-order valence-electron chi connectivity index (χ4n) is 1.76. The van der Waals surface area contributed by atoms with Crippen LogP contribution in [0, 0.1) is 6.92 Å². The van der Waals surface area contributed by atoms with E-state index in [0.29, 0.717) is 17.0 Å². The Morgan fingerprint density at radius 1 is 1.37 bits per heavy atom. The van der Waals surface area contributed by atoms with Crippen LogP contribution < -0.4 is 0 Å². The van der Waals surface area contributed by atoms with Gasteiger partial charge >= 0.3 is 5.97 Å². The number of carbonyl (C=O) groups is 1. The molecule has 3 rings (SSSR count). The Bertz CT molecular complexity index is 762. The van der Waals surface area contributed by atoms with Gasteiger partial charge < -0.3 is 4.74 Å². The van der Waals surface area contributed by atoms with E-state index in [1.54, 1.807) is 28.9 Å². The number of methoxy groups -OCH3 is 1. The lowest BCUT2D eigenvalue weighted by atomic mass is 10.3. The highest BCUT2D eigenvalue weighted by Gasteiger charge is 2.13. The molecule has 0 aliphatic rings. The summed E-state index contributed by atoms with van der Waals surface area (Å²) in [5.41, 5.74) is 1.13. The van der Waals surface area contributed by atoms with E-state index < -0.39 is 0 Å². The summed E-state index contributed by atoms with van der Waals surface area (Å²) in [6.07, 6.45) is 3.42. The SMILES string of the molecule is COC(=O)c1ccc2nnc(-c3cnc(C)s3)n2c1. The predicted molar refractivity (Wildman–Crippen MR) is 70.2 cm³/mol. The lowest BCUT2D eigenvalue weighted by Crippen LogP contribution is -2.03. The molecule has 3 heterocycles. The molecule has 96 valence electrons. The highest BCUT2D eigenvalue weighted by Crippen LogP contribution is 2.24. The number of aryl methyl sites for hydroxylation is 1. The van der Waals surface area contributed by atoms with Crippen LogP contribution in [0.4, 0.5) is 0 Å². The topological polar surface area (TPSA) is 69.4 Å². The van der Waals surface area contributed by atoms with E-state index in [4.69, 9.17) is 4.74 Å². The largest absolute Gasteiger partial charge is 0.465 e.